The number of hydrogen-bond acceptors (Lipinski definition) is 6. The number of rotatable bonds is 5. The molecular weight excluding hydrogens is 376 g/mol. The summed E-state index contributed by atoms with van der Waals surface area (Å²) in [5.74, 6) is 3.09. The van der Waals surface area contributed by atoms with Crippen molar-refractivity contribution >= 4 is 16.3 Å². The van der Waals surface area contributed by atoms with Crippen molar-refractivity contribution in [3.05, 3.63) is 34.5 Å². The maximum atomic E-state index is 11.0. The second-order valence-corrected chi connectivity index (χ2v) is 8.53. The minimum Gasteiger partial charge on any atom is -0.497 e. The molecule has 0 saturated carbocycles. The van der Waals surface area contributed by atoms with Crippen LogP contribution < -0.4 is 14.4 Å². The topological polar surface area (TPSA) is 73.3 Å². The van der Waals surface area contributed by atoms with Crippen LogP contribution in [0.25, 0.3) is 4.96 Å². The lowest BCUT2D eigenvalue weighted by atomic mass is 9.94. The van der Waals surface area contributed by atoms with E-state index in [1.54, 1.807) is 18.7 Å². The molecule has 3 aromatic rings. The van der Waals surface area contributed by atoms with Gasteiger partial charge >= 0.3 is 0 Å². The highest BCUT2D eigenvalue weighted by Crippen LogP contribution is 2.39. The van der Waals surface area contributed by atoms with Gasteiger partial charge in [0.1, 0.15) is 22.2 Å². The van der Waals surface area contributed by atoms with E-state index in [-0.39, 0.29) is 11.9 Å². The van der Waals surface area contributed by atoms with Crippen molar-refractivity contribution in [2.45, 2.75) is 32.7 Å². The molecule has 1 fully saturated rings. The Morgan fingerprint density at radius 2 is 2.00 bits per heavy atom. The van der Waals surface area contributed by atoms with Crippen LogP contribution in [0.3, 0.4) is 0 Å². The van der Waals surface area contributed by atoms with Gasteiger partial charge in [0.15, 0.2) is 6.04 Å². The van der Waals surface area contributed by atoms with Gasteiger partial charge in [-0.25, -0.2) is 4.98 Å². The van der Waals surface area contributed by atoms with Crippen LogP contribution in [0.4, 0.5) is 0 Å². The zero-order chi connectivity index (χ0) is 19.8. The summed E-state index contributed by atoms with van der Waals surface area (Å²) in [6, 6.07) is 5.87. The summed E-state index contributed by atoms with van der Waals surface area (Å²) in [6.07, 6.45) is 2.34. The van der Waals surface area contributed by atoms with Crippen molar-refractivity contribution in [3.8, 4) is 17.4 Å². The van der Waals surface area contributed by atoms with Crippen LogP contribution in [-0.2, 0) is 0 Å². The van der Waals surface area contributed by atoms with Gasteiger partial charge in [0.2, 0.25) is 10.8 Å². The van der Waals surface area contributed by atoms with Gasteiger partial charge in [0.05, 0.1) is 32.9 Å². The molecule has 2 aromatic heterocycles. The summed E-state index contributed by atoms with van der Waals surface area (Å²) in [5, 5.41) is 15.3. The standard InChI is InChI=1S/C20H26N4O3S/c1-12-7-9-23(10-8-12)17(15-6-5-14(26-3)11-16(15)27-4)18-19(25)24-20(28-18)21-13(2)22-24/h5-6,11-12,17,25H,7-10H2,1-4H3/p+1/t17-/m0/s1. The molecule has 0 radical (unpaired) electrons. The fourth-order valence-electron chi connectivity index (χ4n) is 4.06. The molecular formula is C20H27N4O3S+. The van der Waals surface area contributed by atoms with E-state index < -0.39 is 0 Å². The van der Waals surface area contributed by atoms with E-state index in [2.05, 4.69) is 17.0 Å². The number of likely N-dealkylation sites (tertiary alicyclic amines) is 1. The lowest BCUT2D eigenvalue weighted by Crippen LogP contribution is -3.13. The Labute approximate surface area is 168 Å². The third kappa shape index (κ3) is 3.31. The third-order valence-electron chi connectivity index (χ3n) is 5.64. The van der Waals surface area contributed by atoms with Crippen molar-refractivity contribution in [1.29, 1.82) is 0 Å². The smallest absolute Gasteiger partial charge is 0.235 e. The summed E-state index contributed by atoms with van der Waals surface area (Å²) in [6.45, 7) is 6.24. The Morgan fingerprint density at radius 3 is 2.64 bits per heavy atom. The van der Waals surface area contributed by atoms with Crippen LogP contribution >= 0.6 is 11.3 Å². The minimum atomic E-state index is -0.0397. The second kappa shape index (κ2) is 7.60. The number of hydrogen-bond donors (Lipinski definition) is 2. The average molecular weight is 404 g/mol. The number of methoxy groups -OCH3 is 2. The summed E-state index contributed by atoms with van der Waals surface area (Å²) in [5.41, 5.74) is 1.05. The molecule has 0 unspecified atom stereocenters. The largest absolute Gasteiger partial charge is 0.497 e. The highest BCUT2D eigenvalue weighted by molar-refractivity contribution is 7.17. The number of fused-ring (bicyclic) bond motifs is 1. The van der Waals surface area contributed by atoms with E-state index in [9.17, 15) is 5.11 Å². The van der Waals surface area contributed by atoms with Gasteiger partial charge in [-0.05, 0) is 37.8 Å². The van der Waals surface area contributed by atoms with E-state index in [1.807, 2.05) is 25.1 Å². The molecule has 0 amide bonds. The summed E-state index contributed by atoms with van der Waals surface area (Å²) >= 11 is 1.50. The molecule has 3 heterocycles. The van der Waals surface area contributed by atoms with Crippen LogP contribution in [0.5, 0.6) is 17.4 Å². The quantitative estimate of drug-likeness (QED) is 0.683. The average Bonchev–Trinajstić information content (AvgIpc) is 3.21. The van der Waals surface area contributed by atoms with E-state index in [0.717, 1.165) is 40.9 Å². The summed E-state index contributed by atoms with van der Waals surface area (Å²) < 4.78 is 12.6. The van der Waals surface area contributed by atoms with E-state index in [0.29, 0.717) is 10.8 Å². The molecule has 0 bridgehead atoms. The normalized spacial score (nSPS) is 21.0. The Morgan fingerprint density at radius 1 is 1.25 bits per heavy atom. The fraction of sp³-hybridized carbons (Fsp3) is 0.500. The number of piperidine rings is 1. The first-order chi connectivity index (χ1) is 13.5. The van der Waals surface area contributed by atoms with Crippen molar-refractivity contribution in [2.24, 2.45) is 5.92 Å². The number of benzene rings is 1. The molecule has 1 atom stereocenters. The van der Waals surface area contributed by atoms with E-state index in [1.165, 1.54) is 29.1 Å². The number of quaternary nitrogens is 1. The number of nitrogens with zero attached hydrogens (tertiary/aromatic N) is 3. The molecule has 7 nitrogen and oxygen atoms in total. The van der Waals surface area contributed by atoms with Crippen LogP contribution in [0.1, 0.15) is 42.1 Å². The molecule has 1 aliphatic heterocycles. The SMILES string of the molecule is COc1ccc([C@@H](c2sc3nc(C)nn3c2O)[NH+]2CCC(C)CC2)c(OC)c1. The third-order valence-corrected chi connectivity index (χ3v) is 6.73. The van der Waals surface area contributed by atoms with Gasteiger partial charge in [-0.15, -0.1) is 5.10 Å². The molecule has 0 spiro atoms. The van der Waals surface area contributed by atoms with Crippen LogP contribution in [0, 0.1) is 12.8 Å². The molecule has 8 heteroatoms. The van der Waals surface area contributed by atoms with Crippen molar-refractivity contribution < 1.29 is 19.5 Å². The zero-order valence-electron chi connectivity index (χ0n) is 16.7. The molecule has 0 aliphatic carbocycles. The molecule has 1 aromatic carbocycles. The maximum absolute atomic E-state index is 11.0. The van der Waals surface area contributed by atoms with Crippen LogP contribution in [0.15, 0.2) is 18.2 Å². The van der Waals surface area contributed by atoms with Crippen molar-refractivity contribution in [1.82, 2.24) is 14.6 Å². The Balaban J connectivity index is 1.84. The minimum absolute atomic E-state index is 0.0397. The van der Waals surface area contributed by atoms with Crippen molar-refractivity contribution in [3.63, 3.8) is 0 Å². The molecule has 2 N–H and O–H groups in total. The monoisotopic (exact) mass is 403 g/mol. The summed E-state index contributed by atoms with van der Waals surface area (Å²) in [7, 11) is 3.33. The number of ether oxygens (including phenoxy) is 2. The van der Waals surface area contributed by atoms with Crippen molar-refractivity contribution in [2.75, 3.05) is 27.3 Å². The number of aromatic nitrogens is 3. The zero-order valence-corrected chi connectivity index (χ0v) is 17.5. The predicted octanol–water partition coefficient (Wildman–Crippen LogP) is 2.23. The molecule has 4 rings (SSSR count). The molecule has 1 aliphatic rings. The Hall–Kier alpha value is -2.32. The van der Waals surface area contributed by atoms with Crippen LogP contribution in [-0.4, -0.2) is 47.0 Å². The van der Waals surface area contributed by atoms with Gasteiger partial charge in [0, 0.05) is 6.07 Å². The van der Waals surface area contributed by atoms with Crippen LogP contribution in [0.2, 0.25) is 0 Å². The Bertz CT molecular complexity index is 975. The molecule has 150 valence electrons. The lowest BCUT2D eigenvalue weighted by molar-refractivity contribution is -0.931. The maximum Gasteiger partial charge on any atom is 0.235 e. The van der Waals surface area contributed by atoms with Gasteiger partial charge < -0.3 is 19.5 Å². The molecule has 1 saturated heterocycles. The van der Waals surface area contributed by atoms with E-state index in [4.69, 9.17) is 9.47 Å². The van der Waals surface area contributed by atoms with E-state index >= 15 is 0 Å². The Kier molecular flexibility index (Phi) is 5.16. The first-order valence-corrected chi connectivity index (χ1v) is 10.4. The summed E-state index contributed by atoms with van der Waals surface area (Å²) in [4.78, 5) is 7.47. The molecule has 28 heavy (non-hydrogen) atoms. The number of nitrogens with one attached hydrogen (secondary N) is 1. The number of aryl methyl sites for hydroxylation is 1. The number of aromatic hydroxyl groups is 1. The predicted molar refractivity (Wildman–Crippen MR) is 108 cm³/mol. The van der Waals surface area contributed by atoms with Gasteiger partial charge in [0.25, 0.3) is 0 Å². The first-order valence-electron chi connectivity index (χ1n) is 9.63. The van der Waals surface area contributed by atoms with Gasteiger partial charge in [-0.3, -0.25) is 0 Å². The number of thiazole rings is 1. The highest BCUT2D eigenvalue weighted by Gasteiger charge is 2.36. The fourth-order valence-corrected chi connectivity index (χ4v) is 5.24. The second-order valence-electron chi connectivity index (χ2n) is 7.52. The first kappa shape index (κ1) is 19.0. The van der Waals surface area contributed by atoms with Gasteiger partial charge in [-0.1, -0.05) is 18.3 Å². The van der Waals surface area contributed by atoms with Gasteiger partial charge in [-0.2, -0.15) is 4.52 Å². The highest BCUT2D eigenvalue weighted by atomic mass is 32.1. The lowest BCUT2D eigenvalue weighted by Gasteiger charge is -2.34.